The van der Waals surface area contributed by atoms with E-state index in [1.165, 1.54) is 24.1 Å². The number of anilines is 1. The SMILES string of the molecule is CCc1ccc(OCC(=O)Nc2ccc(S(=O)(=O)NC3CCCCC3)cc2)cc1. The van der Waals surface area contributed by atoms with E-state index in [1.807, 2.05) is 24.3 Å². The van der Waals surface area contributed by atoms with Gasteiger partial charge >= 0.3 is 0 Å². The summed E-state index contributed by atoms with van der Waals surface area (Å²) in [7, 11) is -3.54. The first kappa shape index (κ1) is 21.3. The van der Waals surface area contributed by atoms with E-state index in [4.69, 9.17) is 4.74 Å². The van der Waals surface area contributed by atoms with Gasteiger partial charge in [0.2, 0.25) is 10.0 Å². The van der Waals surface area contributed by atoms with Crippen LogP contribution in [0.2, 0.25) is 0 Å². The summed E-state index contributed by atoms with van der Waals surface area (Å²) in [5.74, 6) is 0.327. The topological polar surface area (TPSA) is 84.5 Å². The molecule has 0 atom stereocenters. The highest BCUT2D eigenvalue weighted by Gasteiger charge is 2.21. The second-order valence-corrected chi connectivity index (χ2v) is 9.03. The third-order valence-electron chi connectivity index (χ3n) is 5.08. The van der Waals surface area contributed by atoms with Crippen molar-refractivity contribution in [2.45, 2.75) is 56.4 Å². The lowest BCUT2D eigenvalue weighted by Crippen LogP contribution is -2.36. The van der Waals surface area contributed by atoms with E-state index in [0.717, 1.165) is 32.1 Å². The first-order valence-electron chi connectivity index (χ1n) is 10.1. The van der Waals surface area contributed by atoms with E-state index in [-0.39, 0.29) is 23.5 Å². The second kappa shape index (κ2) is 9.89. The van der Waals surface area contributed by atoms with Crippen LogP contribution in [0.15, 0.2) is 53.4 Å². The number of amides is 1. The van der Waals surface area contributed by atoms with Crippen molar-refractivity contribution in [3.8, 4) is 5.75 Å². The maximum atomic E-state index is 12.5. The minimum absolute atomic E-state index is 0.0108. The van der Waals surface area contributed by atoms with Gasteiger partial charge in [0.1, 0.15) is 5.75 Å². The monoisotopic (exact) mass is 416 g/mol. The first-order valence-corrected chi connectivity index (χ1v) is 11.6. The van der Waals surface area contributed by atoms with Crippen molar-refractivity contribution in [2.24, 2.45) is 0 Å². The number of ether oxygens (including phenoxy) is 1. The van der Waals surface area contributed by atoms with E-state index in [2.05, 4.69) is 17.0 Å². The molecule has 2 aromatic carbocycles. The molecular formula is C22H28N2O4S. The Morgan fingerprint density at radius 1 is 1.00 bits per heavy atom. The highest BCUT2D eigenvalue weighted by molar-refractivity contribution is 7.89. The highest BCUT2D eigenvalue weighted by atomic mass is 32.2. The average molecular weight is 417 g/mol. The van der Waals surface area contributed by atoms with Gasteiger partial charge in [0, 0.05) is 11.7 Å². The molecule has 1 aliphatic carbocycles. The van der Waals surface area contributed by atoms with E-state index in [1.54, 1.807) is 12.1 Å². The molecule has 0 aromatic heterocycles. The molecule has 2 N–H and O–H groups in total. The van der Waals surface area contributed by atoms with Gasteiger partial charge in [-0.1, -0.05) is 38.3 Å². The third kappa shape index (κ3) is 6.30. The number of carbonyl (C=O) groups is 1. The Hall–Kier alpha value is -2.38. The summed E-state index contributed by atoms with van der Waals surface area (Å²) in [4.78, 5) is 12.3. The van der Waals surface area contributed by atoms with Crippen LogP contribution < -0.4 is 14.8 Å². The van der Waals surface area contributed by atoms with Gasteiger partial charge in [0.25, 0.3) is 5.91 Å². The molecule has 0 aliphatic heterocycles. The van der Waals surface area contributed by atoms with E-state index >= 15 is 0 Å². The van der Waals surface area contributed by atoms with E-state index in [0.29, 0.717) is 11.4 Å². The molecule has 1 aliphatic rings. The van der Waals surface area contributed by atoms with Crippen molar-refractivity contribution in [3.63, 3.8) is 0 Å². The molecular weight excluding hydrogens is 388 g/mol. The van der Waals surface area contributed by atoms with Crippen LogP contribution in [0, 0.1) is 0 Å². The van der Waals surface area contributed by atoms with Crippen LogP contribution in [0.4, 0.5) is 5.69 Å². The number of hydrogen-bond acceptors (Lipinski definition) is 4. The Bertz CT molecular complexity index is 903. The molecule has 156 valence electrons. The van der Waals surface area contributed by atoms with Crippen LogP contribution in [0.25, 0.3) is 0 Å². The molecule has 0 spiro atoms. The predicted molar refractivity (Wildman–Crippen MR) is 114 cm³/mol. The van der Waals surface area contributed by atoms with Gasteiger partial charge in [-0.15, -0.1) is 0 Å². The van der Waals surface area contributed by atoms with Crippen molar-refractivity contribution >= 4 is 21.6 Å². The van der Waals surface area contributed by atoms with Gasteiger partial charge < -0.3 is 10.1 Å². The van der Waals surface area contributed by atoms with E-state index in [9.17, 15) is 13.2 Å². The molecule has 0 radical (unpaired) electrons. The second-order valence-electron chi connectivity index (χ2n) is 7.31. The zero-order valence-corrected chi connectivity index (χ0v) is 17.5. The minimum Gasteiger partial charge on any atom is -0.484 e. The lowest BCUT2D eigenvalue weighted by molar-refractivity contribution is -0.118. The van der Waals surface area contributed by atoms with Gasteiger partial charge in [0.15, 0.2) is 6.61 Å². The zero-order chi connectivity index (χ0) is 20.7. The fourth-order valence-corrected chi connectivity index (χ4v) is 4.70. The molecule has 2 aromatic rings. The molecule has 0 heterocycles. The van der Waals surface area contributed by atoms with Gasteiger partial charge in [-0.3, -0.25) is 4.79 Å². The molecule has 7 heteroatoms. The van der Waals surface area contributed by atoms with Crippen LogP contribution in [-0.4, -0.2) is 27.0 Å². The van der Waals surface area contributed by atoms with Crippen molar-refractivity contribution in [1.29, 1.82) is 0 Å². The average Bonchev–Trinajstić information content (AvgIpc) is 2.73. The predicted octanol–water partition coefficient (Wildman–Crippen LogP) is 3.88. The summed E-state index contributed by atoms with van der Waals surface area (Å²) >= 11 is 0. The van der Waals surface area contributed by atoms with Crippen LogP contribution in [-0.2, 0) is 21.2 Å². The maximum absolute atomic E-state index is 12.5. The molecule has 1 saturated carbocycles. The Morgan fingerprint density at radius 3 is 2.28 bits per heavy atom. The third-order valence-corrected chi connectivity index (χ3v) is 6.61. The largest absolute Gasteiger partial charge is 0.484 e. The Morgan fingerprint density at radius 2 is 1.66 bits per heavy atom. The van der Waals surface area contributed by atoms with Crippen LogP contribution in [0.1, 0.15) is 44.6 Å². The zero-order valence-electron chi connectivity index (χ0n) is 16.7. The Labute approximate surface area is 172 Å². The van der Waals surface area contributed by atoms with Crippen LogP contribution in [0.5, 0.6) is 5.75 Å². The Balaban J connectivity index is 1.51. The molecule has 0 saturated heterocycles. The van der Waals surface area contributed by atoms with Crippen molar-refractivity contribution in [1.82, 2.24) is 4.72 Å². The molecule has 1 fully saturated rings. The van der Waals surface area contributed by atoms with Crippen LogP contribution in [0.3, 0.4) is 0 Å². The number of nitrogens with one attached hydrogen (secondary N) is 2. The molecule has 0 bridgehead atoms. The maximum Gasteiger partial charge on any atom is 0.262 e. The van der Waals surface area contributed by atoms with Crippen molar-refractivity contribution in [3.05, 3.63) is 54.1 Å². The normalized spacial score (nSPS) is 15.1. The fourth-order valence-electron chi connectivity index (χ4n) is 3.39. The number of benzene rings is 2. The summed E-state index contributed by atoms with van der Waals surface area (Å²) in [6.45, 7) is 1.96. The van der Waals surface area contributed by atoms with Crippen molar-refractivity contribution in [2.75, 3.05) is 11.9 Å². The number of carbonyl (C=O) groups excluding carboxylic acids is 1. The number of sulfonamides is 1. The summed E-state index contributed by atoms with van der Waals surface area (Å²) < 4.78 is 33.3. The molecule has 0 unspecified atom stereocenters. The Kier molecular flexibility index (Phi) is 7.28. The van der Waals surface area contributed by atoms with Gasteiger partial charge in [0.05, 0.1) is 4.90 Å². The smallest absolute Gasteiger partial charge is 0.262 e. The van der Waals surface area contributed by atoms with Crippen molar-refractivity contribution < 1.29 is 17.9 Å². The lowest BCUT2D eigenvalue weighted by Gasteiger charge is -2.22. The summed E-state index contributed by atoms with van der Waals surface area (Å²) in [6.07, 6.45) is 6.00. The number of aryl methyl sites for hydroxylation is 1. The summed E-state index contributed by atoms with van der Waals surface area (Å²) in [6, 6.07) is 13.8. The molecule has 6 nitrogen and oxygen atoms in total. The fraction of sp³-hybridized carbons (Fsp3) is 0.409. The number of rotatable bonds is 8. The standard InChI is InChI=1S/C22H28N2O4S/c1-2-17-8-12-20(13-9-17)28-16-22(25)23-18-10-14-21(15-11-18)29(26,27)24-19-6-4-3-5-7-19/h8-15,19,24H,2-7,16H2,1H3,(H,23,25). The van der Waals surface area contributed by atoms with Crippen LogP contribution >= 0.6 is 0 Å². The highest BCUT2D eigenvalue weighted by Crippen LogP contribution is 2.21. The summed E-state index contributed by atoms with van der Waals surface area (Å²) in [5, 5.41) is 2.72. The lowest BCUT2D eigenvalue weighted by atomic mass is 9.96. The van der Waals surface area contributed by atoms with Gasteiger partial charge in [-0.25, -0.2) is 13.1 Å². The first-order chi connectivity index (χ1) is 14.0. The minimum atomic E-state index is -3.54. The quantitative estimate of drug-likeness (QED) is 0.684. The van der Waals surface area contributed by atoms with Gasteiger partial charge in [-0.05, 0) is 61.2 Å². The summed E-state index contributed by atoms with van der Waals surface area (Å²) in [5.41, 5.74) is 1.73. The number of hydrogen-bond donors (Lipinski definition) is 2. The molecule has 3 rings (SSSR count). The molecule has 29 heavy (non-hydrogen) atoms. The molecule has 1 amide bonds. The van der Waals surface area contributed by atoms with Gasteiger partial charge in [-0.2, -0.15) is 0 Å². The van der Waals surface area contributed by atoms with E-state index < -0.39 is 10.0 Å².